The largest absolute Gasteiger partial charge is 0.504 e. The summed E-state index contributed by atoms with van der Waals surface area (Å²) in [5, 5.41) is 13.6. The number of phenols is 1. The maximum Gasteiger partial charge on any atom is 0.258 e. The van der Waals surface area contributed by atoms with Gasteiger partial charge in [0.1, 0.15) is 6.10 Å². The van der Waals surface area contributed by atoms with Crippen molar-refractivity contribution < 1.29 is 19.1 Å². The zero-order valence-electron chi connectivity index (χ0n) is 11.9. The summed E-state index contributed by atoms with van der Waals surface area (Å²) in [6.07, 6.45) is -0.180. The quantitative estimate of drug-likeness (QED) is 0.916. The highest BCUT2D eigenvalue weighted by molar-refractivity contribution is 5.59. The lowest BCUT2D eigenvalue weighted by Crippen LogP contribution is -2.35. The van der Waals surface area contributed by atoms with Gasteiger partial charge >= 0.3 is 0 Å². The second-order valence-corrected chi connectivity index (χ2v) is 4.97. The Morgan fingerprint density at radius 1 is 1.43 bits per heavy atom. The molecule has 0 radical (unpaired) electrons. The van der Waals surface area contributed by atoms with Crippen LogP contribution in [0.4, 0.5) is 0 Å². The molecule has 7 heteroatoms. The van der Waals surface area contributed by atoms with E-state index in [1.165, 1.54) is 13.2 Å². The molecule has 1 N–H and O–H groups in total. The molecular formula is C14H17N3O4. The van der Waals surface area contributed by atoms with Gasteiger partial charge in [-0.3, -0.25) is 0 Å². The van der Waals surface area contributed by atoms with Crippen LogP contribution in [-0.4, -0.2) is 54.0 Å². The van der Waals surface area contributed by atoms with E-state index in [0.29, 0.717) is 29.6 Å². The van der Waals surface area contributed by atoms with Crippen LogP contribution in [0.2, 0.25) is 0 Å². The molecule has 0 spiro atoms. The summed E-state index contributed by atoms with van der Waals surface area (Å²) in [7, 11) is 3.52. The number of likely N-dealkylation sites (N-methyl/N-ethyl adjacent to an activating group) is 1. The summed E-state index contributed by atoms with van der Waals surface area (Å²) in [5.41, 5.74) is 0.688. The number of aromatic nitrogens is 2. The van der Waals surface area contributed by atoms with Gasteiger partial charge in [-0.25, -0.2) is 0 Å². The fourth-order valence-electron chi connectivity index (χ4n) is 2.23. The normalized spacial score (nSPS) is 19.6. The molecule has 0 bridgehead atoms. The molecule has 2 heterocycles. The Hall–Kier alpha value is -2.12. The highest BCUT2D eigenvalue weighted by atomic mass is 16.5. The van der Waals surface area contributed by atoms with E-state index in [2.05, 4.69) is 15.0 Å². The third-order valence-corrected chi connectivity index (χ3v) is 3.43. The number of methoxy groups -OCH3 is 1. The molecule has 1 aliphatic rings. The Morgan fingerprint density at radius 2 is 2.29 bits per heavy atom. The fraction of sp³-hybridized carbons (Fsp3) is 0.429. The van der Waals surface area contributed by atoms with E-state index in [4.69, 9.17) is 14.0 Å². The van der Waals surface area contributed by atoms with Crippen molar-refractivity contribution in [3.8, 4) is 23.0 Å². The van der Waals surface area contributed by atoms with E-state index in [-0.39, 0.29) is 11.9 Å². The first kappa shape index (κ1) is 13.8. The minimum atomic E-state index is -0.180. The lowest BCUT2D eigenvalue weighted by atomic mass is 10.2. The molecule has 112 valence electrons. The number of phenolic OH excluding ortho intramolecular Hbond substituents is 1. The molecule has 1 saturated heterocycles. The van der Waals surface area contributed by atoms with Crippen LogP contribution >= 0.6 is 0 Å². The molecule has 0 amide bonds. The number of hydrogen-bond acceptors (Lipinski definition) is 7. The van der Waals surface area contributed by atoms with Crippen LogP contribution in [0.15, 0.2) is 22.7 Å². The van der Waals surface area contributed by atoms with Crippen LogP contribution < -0.4 is 4.74 Å². The number of hydrogen-bond donors (Lipinski definition) is 1. The van der Waals surface area contributed by atoms with Gasteiger partial charge in [-0.2, -0.15) is 4.98 Å². The fourth-order valence-corrected chi connectivity index (χ4v) is 2.23. The molecule has 1 aliphatic heterocycles. The Balaban J connectivity index is 1.84. The molecule has 1 fully saturated rings. The molecule has 0 saturated carbocycles. The summed E-state index contributed by atoms with van der Waals surface area (Å²) >= 11 is 0. The highest BCUT2D eigenvalue weighted by Crippen LogP contribution is 2.31. The Morgan fingerprint density at radius 3 is 3.05 bits per heavy atom. The second kappa shape index (κ2) is 5.71. The summed E-state index contributed by atoms with van der Waals surface area (Å²) < 4.78 is 16.0. The van der Waals surface area contributed by atoms with Gasteiger partial charge in [0.15, 0.2) is 11.5 Å². The van der Waals surface area contributed by atoms with Crippen LogP contribution in [0.5, 0.6) is 11.5 Å². The molecular weight excluding hydrogens is 274 g/mol. The van der Waals surface area contributed by atoms with Crippen molar-refractivity contribution >= 4 is 0 Å². The van der Waals surface area contributed by atoms with Crippen molar-refractivity contribution in [2.24, 2.45) is 0 Å². The number of benzene rings is 1. The van der Waals surface area contributed by atoms with Gasteiger partial charge in [0.2, 0.25) is 5.82 Å². The van der Waals surface area contributed by atoms with E-state index in [9.17, 15) is 5.11 Å². The first-order valence-electron chi connectivity index (χ1n) is 6.68. The van der Waals surface area contributed by atoms with E-state index in [1.54, 1.807) is 12.1 Å². The third-order valence-electron chi connectivity index (χ3n) is 3.43. The van der Waals surface area contributed by atoms with Gasteiger partial charge in [-0.15, -0.1) is 0 Å². The van der Waals surface area contributed by atoms with Crippen molar-refractivity contribution in [3.63, 3.8) is 0 Å². The minimum absolute atomic E-state index is 0.0678. The first-order valence-corrected chi connectivity index (χ1v) is 6.68. The average molecular weight is 291 g/mol. The molecule has 7 nitrogen and oxygen atoms in total. The molecule has 1 unspecified atom stereocenters. The summed E-state index contributed by atoms with van der Waals surface area (Å²) in [6, 6.07) is 4.88. The number of aromatic hydroxyl groups is 1. The first-order chi connectivity index (χ1) is 10.2. The van der Waals surface area contributed by atoms with E-state index < -0.39 is 0 Å². The topological polar surface area (TPSA) is 80.9 Å². The van der Waals surface area contributed by atoms with Crippen molar-refractivity contribution in [1.29, 1.82) is 0 Å². The lowest BCUT2D eigenvalue weighted by molar-refractivity contribution is -0.0264. The third kappa shape index (κ3) is 2.84. The maximum absolute atomic E-state index is 9.60. The predicted molar refractivity (Wildman–Crippen MR) is 74.1 cm³/mol. The van der Waals surface area contributed by atoms with Gasteiger partial charge < -0.3 is 24.0 Å². The standard InChI is InChI=1S/C14H17N3O4/c1-17-5-6-20-12(8-17)13-15-14(21-16-13)9-3-4-10(18)11(7-9)19-2/h3-4,7,12,18H,5-6,8H2,1-2H3. The molecule has 2 aromatic rings. The van der Waals surface area contributed by atoms with Gasteiger partial charge in [-0.1, -0.05) is 5.16 Å². The van der Waals surface area contributed by atoms with Crippen LogP contribution in [0.1, 0.15) is 11.9 Å². The van der Waals surface area contributed by atoms with E-state index in [0.717, 1.165) is 13.1 Å². The predicted octanol–water partition coefficient (Wildman–Crippen LogP) is 1.45. The molecule has 1 aromatic heterocycles. The maximum atomic E-state index is 9.60. The SMILES string of the molecule is COc1cc(-c2nc(C3CN(C)CCO3)no2)ccc1O. The Bertz CT molecular complexity index is 628. The van der Waals surface area contributed by atoms with E-state index >= 15 is 0 Å². The average Bonchev–Trinajstić information content (AvgIpc) is 2.97. The summed E-state index contributed by atoms with van der Waals surface area (Å²) in [4.78, 5) is 6.54. The number of nitrogens with zero attached hydrogens (tertiary/aromatic N) is 3. The van der Waals surface area contributed by atoms with Crippen LogP contribution in [0.25, 0.3) is 11.5 Å². The van der Waals surface area contributed by atoms with Crippen LogP contribution in [0.3, 0.4) is 0 Å². The van der Waals surface area contributed by atoms with Gasteiger partial charge in [0.05, 0.1) is 13.7 Å². The van der Waals surface area contributed by atoms with Gasteiger partial charge in [0.25, 0.3) is 5.89 Å². The van der Waals surface area contributed by atoms with Gasteiger partial charge in [-0.05, 0) is 25.2 Å². The van der Waals surface area contributed by atoms with Crippen LogP contribution in [0, 0.1) is 0 Å². The van der Waals surface area contributed by atoms with Gasteiger partial charge in [0, 0.05) is 18.7 Å². The van der Waals surface area contributed by atoms with Crippen molar-refractivity contribution in [2.75, 3.05) is 33.9 Å². The number of morpholine rings is 1. The Labute approximate surface area is 122 Å². The number of rotatable bonds is 3. The van der Waals surface area contributed by atoms with Crippen molar-refractivity contribution in [3.05, 3.63) is 24.0 Å². The molecule has 1 atom stereocenters. The zero-order chi connectivity index (χ0) is 14.8. The van der Waals surface area contributed by atoms with Crippen molar-refractivity contribution in [2.45, 2.75) is 6.10 Å². The Kier molecular flexibility index (Phi) is 3.76. The van der Waals surface area contributed by atoms with E-state index in [1.807, 2.05) is 7.05 Å². The molecule has 1 aromatic carbocycles. The summed E-state index contributed by atoms with van der Waals surface area (Å²) in [5.74, 6) is 1.34. The number of ether oxygens (including phenoxy) is 2. The highest BCUT2D eigenvalue weighted by Gasteiger charge is 2.24. The monoisotopic (exact) mass is 291 g/mol. The second-order valence-electron chi connectivity index (χ2n) is 4.97. The van der Waals surface area contributed by atoms with Crippen molar-refractivity contribution in [1.82, 2.24) is 15.0 Å². The minimum Gasteiger partial charge on any atom is -0.504 e. The summed E-state index contributed by atoms with van der Waals surface area (Å²) in [6.45, 7) is 2.28. The van der Waals surface area contributed by atoms with Crippen LogP contribution in [-0.2, 0) is 4.74 Å². The molecule has 3 rings (SSSR count). The molecule has 21 heavy (non-hydrogen) atoms. The lowest BCUT2D eigenvalue weighted by Gasteiger charge is -2.27. The smallest absolute Gasteiger partial charge is 0.258 e. The molecule has 0 aliphatic carbocycles. The zero-order valence-corrected chi connectivity index (χ0v) is 11.9.